The highest BCUT2D eigenvalue weighted by Gasteiger charge is 2.38. The second kappa shape index (κ2) is 9.49. The molecule has 1 aliphatic carbocycles. The number of fused-ring (bicyclic) bond motifs is 1. The zero-order valence-electron chi connectivity index (χ0n) is 16.4. The van der Waals surface area contributed by atoms with Crippen molar-refractivity contribution in [3.05, 3.63) is 0 Å². The minimum Gasteiger partial charge on any atom is -0.389 e. The molecule has 0 aromatic rings. The van der Waals surface area contributed by atoms with Crippen LogP contribution >= 0.6 is 0 Å². The number of carbonyl (C=O) groups is 1. The van der Waals surface area contributed by atoms with Crippen molar-refractivity contribution in [1.29, 1.82) is 0 Å². The molecule has 4 atom stereocenters. The number of carbonyl (C=O) groups excluding carboxylic acids is 1. The Labute approximate surface area is 157 Å². The summed E-state index contributed by atoms with van der Waals surface area (Å²) >= 11 is 0. The molecule has 2 heterocycles. The van der Waals surface area contributed by atoms with E-state index in [1.807, 2.05) is 0 Å². The van der Waals surface area contributed by atoms with Crippen LogP contribution in [0.5, 0.6) is 0 Å². The van der Waals surface area contributed by atoms with Crippen LogP contribution in [0.2, 0.25) is 0 Å². The fourth-order valence-electron chi connectivity index (χ4n) is 4.73. The van der Waals surface area contributed by atoms with E-state index in [9.17, 15) is 9.90 Å². The number of amides is 1. The predicted octanol–water partition coefficient (Wildman–Crippen LogP) is 1.65. The van der Waals surface area contributed by atoms with E-state index < -0.39 is 6.10 Å². The van der Waals surface area contributed by atoms with Gasteiger partial charge < -0.3 is 19.5 Å². The van der Waals surface area contributed by atoms with Crippen LogP contribution in [0.4, 0.5) is 0 Å². The van der Waals surface area contributed by atoms with Gasteiger partial charge in [-0.3, -0.25) is 9.69 Å². The third kappa shape index (κ3) is 5.41. The molecule has 3 fully saturated rings. The molecule has 150 valence electrons. The molecule has 0 radical (unpaired) electrons. The summed E-state index contributed by atoms with van der Waals surface area (Å²) < 4.78 is 12.0. The van der Waals surface area contributed by atoms with Crippen molar-refractivity contribution in [3.8, 4) is 0 Å². The number of hydrogen-bond donors (Lipinski definition) is 1. The third-order valence-electron chi connectivity index (χ3n) is 6.21. The molecule has 1 saturated carbocycles. The average molecular weight is 369 g/mol. The number of β-amino-alcohol motifs (C(OH)–C–C–N with tert-alkyl or cyclic N) is 1. The number of aliphatic hydroxyl groups excluding tert-OH is 1. The fraction of sp³-hybridized carbons (Fsp3) is 0.950. The molecular formula is C20H36N2O4. The molecule has 1 amide bonds. The smallest absolute Gasteiger partial charge is 0.224 e. The van der Waals surface area contributed by atoms with Gasteiger partial charge in [0, 0.05) is 33.2 Å². The number of rotatable bonds is 4. The van der Waals surface area contributed by atoms with Crippen LogP contribution in [0.15, 0.2) is 0 Å². The van der Waals surface area contributed by atoms with Gasteiger partial charge in [-0.15, -0.1) is 0 Å². The van der Waals surface area contributed by atoms with Gasteiger partial charge in [-0.25, -0.2) is 0 Å². The molecule has 1 N–H and O–H groups in total. The van der Waals surface area contributed by atoms with E-state index in [0.717, 1.165) is 25.3 Å². The summed E-state index contributed by atoms with van der Waals surface area (Å²) in [6.45, 7) is 2.61. The first-order valence-electron chi connectivity index (χ1n) is 10.4. The first kappa shape index (κ1) is 20.1. The lowest BCUT2D eigenvalue weighted by Gasteiger charge is -2.45. The van der Waals surface area contributed by atoms with Crippen LogP contribution < -0.4 is 0 Å². The van der Waals surface area contributed by atoms with Gasteiger partial charge in [0.15, 0.2) is 0 Å². The maximum absolute atomic E-state index is 12.0. The molecule has 0 spiro atoms. The standard InChI is InChI=1S/C20H36N2O4/c1-21(2)20(24)10-17-8-9-18-19(26-17)14-25-13-16(23)12-22(18)11-15-6-4-3-5-7-15/h15-19,23H,3-14H2,1-2H3/t16-,17-,18+,19-/m0/s1. The summed E-state index contributed by atoms with van der Waals surface area (Å²) in [7, 11) is 3.58. The molecule has 0 aromatic heterocycles. The molecule has 26 heavy (non-hydrogen) atoms. The largest absolute Gasteiger partial charge is 0.389 e. The minimum absolute atomic E-state index is 0.000183. The summed E-state index contributed by atoms with van der Waals surface area (Å²) in [5, 5.41) is 10.3. The monoisotopic (exact) mass is 368 g/mol. The molecule has 2 aliphatic heterocycles. The first-order chi connectivity index (χ1) is 12.5. The van der Waals surface area contributed by atoms with Crippen LogP contribution in [-0.2, 0) is 14.3 Å². The van der Waals surface area contributed by atoms with Gasteiger partial charge in [0.2, 0.25) is 5.91 Å². The molecule has 6 nitrogen and oxygen atoms in total. The van der Waals surface area contributed by atoms with E-state index in [-0.39, 0.29) is 24.2 Å². The van der Waals surface area contributed by atoms with Crippen molar-refractivity contribution in [3.63, 3.8) is 0 Å². The van der Waals surface area contributed by atoms with E-state index in [0.29, 0.717) is 26.2 Å². The molecule has 2 saturated heterocycles. The first-order valence-corrected chi connectivity index (χ1v) is 10.4. The fourth-order valence-corrected chi connectivity index (χ4v) is 4.73. The molecule has 6 heteroatoms. The maximum Gasteiger partial charge on any atom is 0.224 e. The van der Waals surface area contributed by atoms with Crippen molar-refractivity contribution in [1.82, 2.24) is 9.80 Å². The van der Waals surface area contributed by atoms with E-state index >= 15 is 0 Å². The van der Waals surface area contributed by atoms with Gasteiger partial charge >= 0.3 is 0 Å². The molecular weight excluding hydrogens is 332 g/mol. The number of hydrogen-bond acceptors (Lipinski definition) is 5. The van der Waals surface area contributed by atoms with Gasteiger partial charge in [0.1, 0.15) is 0 Å². The van der Waals surface area contributed by atoms with Crippen LogP contribution in [0, 0.1) is 5.92 Å². The van der Waals surface area contributed by atoms with Crippen LogP contribution in [0.3, 0.4) is 0 Å². The summed E-state index contributed by atoms with van der Waals surface area (Å²) in [6, 6.07) is 0.289. The Morgan fingerprint density at radius 3 is 2.62 bits per heavy atom. The van der Waals surface area contributed by atoms with Gasteiger partial charge in [-0.05, 0) is 31.6 Å². The van der Waals surface area contributed by atoms with Crippen molar-refractivity contribution in [2.24, 2.45) is 5.92 Å². The molecule has 0 bridgehead atoms. The Hall–Kier alpha value is -0.690. The maximum atomic E-state index is 12.0. The SMILES string of the molecule is CN(C)C(=O)C[C@@H]1CC[C@@H]2[C@H](COC[C@@H](O)CN2CC2CCCCC2)O1. The lowest BCUT2D eigenvalue weighted by molar-refractivity contribution is -0.160. The van der Waals surface area contributed by atoms with Gasteiger partial charge in [-0.2, -0.15) is 0 Å². The van der Waals surface area contributed by atoms with Gasteiger partial charge in [0.05, 0.1) is 37.9 Å². The minimum atomic E-state index is -0.424. The Morgan fingerprint density at radius 1 is 1.12 bits per heavy atom. The van der Waals surface area contributed by atoms with E-state index in [2.05, 4.69) is 4.90 Å². The highest BCUT2D eigenvalue weighted by atomic mass is 16.5. The highest BCUT2D eigenvalue weighted by Crippen LogP contribution is 2.31. The molecule has 0 unspecified atom stereocenters. The topological polar surface area (TPSA) is 62.2 Å². The van der Waals surface area contributed by atoms with Crippen molar-refractivity contribution < 1.29 is 19.4 Å². The number of ether oxygens (including phenoxy) is 2. The summed E-state index contributed by atoms with van der Waals surface area (Å²) in [5.41, 5.74) is 0. The van der Waals surface area contributed by atoms with Crippen molar-refractivity contribution >= 4 is 5.91 Å². The summed E-state index contributed by atoms with van der Waals surface area (Å²) in [5.74, 6) is 0.861. The summed E-state index contributed by atoms with van der Waals surface area (Å²) in [6.07, 6.45) is 8.57. The lowest BCUT2D eigenvalue weighted by atomic mass is 9.87. The van der Waals surface area contributed by atoms with Crippen LogP contribution in [-0.4, -0.2) is 85.6 Å². The van der Waals surface area contributed by atoms with Gasteiger partial charge in [-0.1, -0.05) is 19.3 Å². The normalized spacial score (nSPS) is 34.6. The average Bonchev–Trinajstić information content (AvgIpc) is 2.61. The molecule has 3 rings (SSSR count). The molecule has 3 aliphatic rings. The Bertz CT molecular complexity index is 453. The summed E-state index contributed by atoms with van der Waals surface area (Å²) in [4.78, 5) is 16.1. The van der Waals surface area contributed by atoms with Crippen molar-refractivity contribution in [2.75, 3.05) is 40.4 Å². The quantitative estimate of drug-likeness (QED) is 0.818. The second-order valence-corrected chi connectivity index (χ2v) is 8.58. The van der Waals surface area contributed by atoms with E-state index in [4.69, 9.17) is 9.47 Å². The Kier molecular flexibility index (Phi) is 7.32. The highest BCUT2D eigenvalue weighted by molar-refractivity contribution is 5.76. The molecule has 0 aromatic carbocycles. The Morgan fingerprint density at radius 2 is 1.88 bits per heavy atom. The Balaban J connectivity index is 1.62. The van der Waals surface area contributed by atoms with Crippen LogP contribution in [0.25, 0.3) is 0 Å². The number of nitrogens with zero attached hydrogens (tertiary/aromatic N) is 2. The van der Waals surface area contributed by atoms with Crippen LogP contribution in [0.1, 0.15) is 51.4 Å². The zero-order chi connectivity index (χ0) is 18.5. The predicted molar refractivity (Wildman–Crippen MR) is 100.0 cm³/mol. The van der Waals surface area contributed by atoms with E-state index in [1.165, 1.54) is 32.1 Å². The zero-order valence-corrected chi connectivity index (χ0v) is 16.4. The van der Waals surface area contributed by atoms with Gasteiger partial charge in [0.25, 0.3) is 0 Å². The lowest BCUT2D eigenvalue weighted by Crippen LogP contribution is -2.56. The number of aliphatic hydroxyl groups is 1. The second-order valence-electron chi connectivity index (χ2n) is 8.58. The third-order valence-corrected chi connectivity index (χ3v) is 6.21. The van der Waals surface area contributed by atoms with Crippen molar-refractivity contribution in [2.45, 2.75) is 75.7 Å². The van der Waals surface area contributed by atoms with E-state index in [1.54, 1.807) is 19.0 Å².